The van der Waals surface area contributed by atoms with E-state index in [2.05, 4.69) is 19.2 Å². The zero-order chi connectivity index (χ0) is 19.9. The molecule has 7 heteroatoms. The van der Waals surface area contributed by atoms with Gasteiger partial charge in [-0.1, -0.05) is 26.7 Å². The van der Waals surface area contributed by atoms with Gasteiger partial charge in [-0.05, 0) is 56.4 Å². The van der Waals surface area contributed by atoms with E-state index in [-0.39, 0.29) is 10.8 Å². The molecule has 1 saturated heterocycles. The number of ether oxygens (including phenoxy) is 1. The van der Waals surface area contributed by atoms with Gasteiger partial charge < -0.3 is 10.1 Å². The molecule has 1 N–H and O–H groups in total. The molecule has 1 aromatic carbocycles. The molecule has 6 nitrogen and oxygen atoms in total. The second kappa shape index (κ2) is 10.2. The quantitative estimate of drug-likeness (QED) is 0.728. The highest BCUT2D eigenvalue weighted by atomic mass is 32.2. The molecule has 0 bridgehead atoms. The summed E-state index contributed by atoms with van der Waals surface area (Å²) in [6.07, 6.45) is 4.32. The van der Waals surface area contributed by atoms with E-state index in [9.17, 15) is 13.2 Å². The lowest BCUT2D eigenvalue weighted by Gasteiger charge is -2.20. The van der Waals surface area contributed by atoms with E-state index in [1.165, 1.54) is 0 Å². The molecule has 0 radical (unpaired) electrons. The lowest BCUT2D eigenvalue weighted by atomic mass is 10.1. The molecule has 0 spiro atoms. The minimum Gasteiger partial charge on any atom is -0.369 e. The Morgan fingerprint density at radius 1 is 1.07 bits per heavy atom. The van der Waals surface area contributed by atoms with Crippen LogP contribution in [0.1, 0.15) is 52.9 Å². The van der Waals surface area contributed by atoms with Gasteiger partial charge in [0.15, 0.2) is 0 Å². The Hall–Kier alpha value is -1.44. The fourth-order valence-corrected chi connectivity index (χ4v) is 4.46. The second-order valence-electron chi connectivity index (χ2n) is 7.53. The topological polar surface area (TPSA) is 75.7 Å². The van der Waals surface area contributed by atoms with Crippen LogP contribution in [0.2, 0.25) is 0 Å². The first kappa shape index (κ1) is 21.9. The van der Waals surface area contributed by atoms with Crippen molar-refractivity contribution < 1.29 is 17.9 Å². The van der Waals surface area contributed by atoms with Crippen molar-refractivity contribution in [1.82, 2.24) is 4.31 Å². The molecule has 1 aromatic rings. The van der Waals surface area contributed by atoms with Crippen LogP contribution in [0.25, 0.3) is 0 Å². The number of carbonyl (C=O) groups is 1. The number of benzene rings is 1. The van der Waals surface area contributed by atoms with Gasteiger partial charge in [0.2, 0.25) is 10.0 Å². The minimum absolute atomic E-state index is 0.234. The van der Waals surface area contributed by atoms with E-state index in [0.29, 0.717) is 31.3 Å². The Balaban J connectivity index is 1.95. The third kappa shape index (κ3) is 6.59. The average molecular weight is 397 g/mol. The first-order chi connectivity index (χ1) is 12.8. The highest BCUT2D eigenvalue weighted by Gasteiger charge is 2.25. The third-order valence-corrected chi connectivity index (χ3v) is 6.67. The predicted octanol–water partition coefficient (Wildman–Crippen LogP) is 3.64. The van der Waals surface area contributed by atoms with E-state index in [4.69, 9.17) is 4.74 Å². The highest BCUT2D eigenvalue weighted by Crippen LogP contribution is 2.22. The van der Waals surface area contributed by atoms with E-state index in [1.807, 2.05) is 0 Å². The number of amides is 1. The van der Waals surface area contributed by atoms with Crippen molar-refractivity contribution in [1.29, 1.82) is 0 Å². The van der Waals surface area contributed by atoms with Gasteiger partial charge in [0.05, 0.1) is 4.90 Å². The molecule has 1 heterocycles. The average Bonchev–Trinajstić information content (AvgIpc) is 2.91. The molecule has 1 aliphatic heterocycles. The lowest BCUT2D eigenvalue weighted by molar-refractivity contribution is -0.126. The molecule has 0 saturated carbocycles. The Morgan fingerprint density at radius 2 is 1.67 bits per heavy atom. The monoisotopic (exact) mass is 396 g/mol. The van der Waals surface area contributed by atoms with Gasteiger partial charge in [-0.25, -0.2) is 8.42 Å². The summed E-state index contributed by atoms with van der Waals surface area (Å²) in [5.41, 5.74) is 0.564. The zero-order valence-electron chi connectivity index (χ0n) is 16.6. The van der Waals surface area contributed by atoms with Crippen molar-refractivity contribution in [2.75, 3.05) is 25.0 Å². The normalized spacial score (nSPS) is 17.5. The first-order valence-electron chi connectivity index (χ1n) is 9.83. The molecule has 1 unspecified atom stereocenters. The van der Waals surface area contributed by atoms with Crippen LogP contribution in [0.3, 0.4) is 0 Å². The van der Waals surface area contributed by atoms with Crippen LogP contribution in [0.5, 0.6) is 0 Å². The fourth-order valence-electron chi connectivity index (χ4n) is 2.94. The summed E-state index contributed by atoms with van der Waals surface area (Å²) in [7, 11) is -3.47. The van der Waals surface area contributed by atoms with Crippen LogP contribution in [-0.2, 0) is 19.6 Å². The van der Waals surface area contributed by atoms with Gasteiger partial charge >= 0.3 is 0 Å². The minimum atomic E-state index is -3.47. The van der Waals surface area contributed by atoms with Crippen LogP contribution < -0.4 is 5.32 Å². The molecule has 2 rings (SSSR count). The van der Waals surface area contributed by atoms with Crippen LogP contribution in [0.4, 0.5) is 5.69 Å². The molecular weight excluding hydrogens is 364 g/mol. The molecule has 0 aromatic heterocycles. The molecule has 0 aliphatic carbocycles. The van der Waals surface area contributed by atoms with Crippen molar-refractivity contribution in [3.8, 4) is 0 Å². The number of nitrogens with one attached hydrogen (secondary N) is 1. The van der Waals surface area contributed by atoms with Gasteiger partial charge in [0, 0.05) is 25.4 Å². The van der Waals surface area contributed by atoms with Gasteiger partial charge in [-0.3, -0.25) is 4.79 Å². The summed E-state index contributed by atoms with van der Waals surface area (Å²) in [5, 5.41) is 2.78. The fraction of sp³-hybridized carbons (Fsp3) is 0.650. The van der Waals surface area contributed by atoms with Gasteiger partial charge in [0.25, 0.3) is 5.91 Å². The standard InChI is InChI=1S/C20H32N2O4S/c1-16(2)12-15-26-17(3)20(23)21-18-8-10-19(11-9-18)27(24,25)22-13-6-4-5-7-14-22/h8-11,16-17H,4-7,12-15H2,1-3H3,(H,21,23). The third-order valence-electron chi connectivity index (χ3n) is 4.76. The number of rotatable bonds is 8. The summed E-state index contributed by atoms with van der Waals surface area (Å²) >= 11 is 0. The maximum absolute atomic E-state index is 12.8. The molecule has 1 amide bonds. The molecular formula is C20H32N2O4S. The Morgan fingerprint density at radius 3 is 2.22 bits per heavy atom. The van der Waals surface area contributed by atoms with Crippen molar-refractivity contribution in [2.24, 2.45) is 5.92 Å². The highest BCUT2D eigenvalue weighted by molar-refractivity contribution is 7.89. The number of carbonyl (C=O) groups excluding carboxylic acids is 1. The van der Waals surface area contributed by atoms with Crippen molar-refractivity contribution >= 4 is 21.6 Å². The van der Waals surface area contributed by atoms with Crippen LogP contribution in [0.15, 0.2) is 29.2 Å². The van der Waals surface area contributed by atoms with Crippen LogP contribution >= 0.6 is 0 Å². The van der Waals surface area contributed by atoms with E-state index < -0.39 is 16.1 Å². The number of nitrogens with zero attached hydrogens (tertiary/aromatic N) is 1. The second-order valence-corrected chi connectivity index (χ2v) is 9.47. The molecule has 1 fully saturated rings. The Labute approximate surface area is 163 Å². The van der Waals surface area contributed by atoms with E-state index in [0.717, 1.165) is 32.1 Å². The smallest absolute Gasteiger partial charge is 0.253 e. The van der Waals surface area contributed by atoms with Gasteiger partial charge in [0.1, 0.15) is 6.10 Å². The Kier molecular flexibility index (Phi) is 8.26. The largest absolute Gasteiger partial charge is 0.369 e. The van der Waals surface area contributed by atoms with Crippen molar-refractivity contribution in [2.45, 2.75) is 63.9 Å². The number of hydrogen-bond acceptors (Lipinski definition) is 4. The zero-order valence-corrected chi connectivity index (χ0v) is 17.4. The summed E-state index contributed by atoms with van der Waals surface area (Å²) in [6.45, 7) is 7.62. The number of sulfonamides is 1. The summed E-state index contributed by atoms with van der Waals surface area (Å²) in [4.78, 5) is 12.5. The van der Waals surface area contributed by atoms with Crippen molar-refractivity contribution in [3.05, 3.63) is 24.3 Å². The maximum atomic E-state index is 12.8. The number of hydrogen-bond donors (Lipinski definition) is 1. The van der Waals surface area contributed by atoms with Gasteiger partial charge in [-0.15, -0.1) is 0 Å². The summed E-state index contributed by atoms with van der Waals surface area (Å²) in [5.74, 6) is 0.292. The van der Waals surface area contributed by atoms with Crippen LogP contribution in [-0.4, -0.2) is 44.4 Å². The maximum Gasteiger partial charge on any atom is 0.253 e. The molecule has 1 aliphatic rings. The number of anilines is 1. The predicted molar refractivity (Wildman–Crippen MR) is 107 cm³/mol. The lowest BCUT2D eigenvalue weighted by Crippen LogP contribution is -2.32. The van der Waals surface area contributed by atoms with Crippen LogP contribution in [0, 0.1) is 5.92 Å². The first-order valence-corrected chi connectivity index (χ1v) is 11.3. The summed E-state index contributed by atoms with van der Waals surface area (Å²) < 4.78 is 32.7. The molecule has 152 valence electrons. The summed E-state index contributed by atoms with van der Waals surface area (Å²) in [6, 6.07) is 6.37. The van der Waals surface area contributed by atoms with Gasteiger partial charge in [-0.2, -0.15) is 4.31 Å². The SMILES string of the molecule is CC(C)CCOC(C)C(=O)Nc1ccc(S(=O)(=O)N2CCCCCC2)cc1. The molecule has 1 atom stereocenters. The van der Waals surface area contributed by atoms with Crippen molar-refractivity contribution in [3.63, 3.8) is 0 Å². The van der Waals surface area contributed by atoms with E-state index in [1.54, 1.807) is 35.5 Å². The Bertz CT molecular complexity index is 693. The molecule has 27 heavy (non-hydrogen) atoms. The van der Waals surface area contributed by atoms with E-state index >= 15 is 0 Å².